The predicted molar refractivity (Wildman–Crippen MR) is 81.6 cm³/mol. The van der Waals surface area contributed by atoms with Crippen LogP contribution in [-0.4, -0.2) is 21.1 Å². The summed E-state index contributed by atoms with van der Waals surface area (Å²) in [6, 6.07) is 9.89. The fraction of sp³-hybridized carbons (Fsp3) is 0.333. The molecule has 20 heavy (non-hydrogen) atoms. The van der Waals surface area contributed by atoms with Gasteiger partial charge >= 0.3 is 0 Å². The fourth-order valence-electron chi connectivity index (χ4n) is 1.73. The average Bonchev–Trinajstić information content (AvgIpc) is 2.93. The van der Waals surface area contributed by atoms with Crippen LogP contribution in [0.4, 0.5) is 0 Å². The molecule has 0 saturated carbocycles. The van der Waals surface area contributed by atoms with Crippen molar-refractivity contribution in [2.24, 2.45) is 0 Å². The van der Waals surface area contributed by atoms with Crippen molar-refractivity contribution >= 4 is 17.7 Å². The van der Waals surface area contributed by atoms with Gasteiger partial charge in [0.25, 0.3) is 0 Å². The Morgan fingerprint density at radius 1 is 1.40 bits per heavy atom. The Morgan fingerprint density at radius 2 is 2.15 bits per heavy atom. The number of hydrogen-bond acceptors (Lipinski definition) is 3. The van der Waals surface area contributed by atoms with Crippen molar-refractivity contribution in [1.82, 2.24) is 15.3 Å². The van der Waals surface area contributed by atoms with Crippen LogP contribution in [0.3, 0.4) is 0 Å². The van der Waals surface area contributed by atoms with Gasteiger partial charge in [0.05, 0.1) is 5.25 Å². The number of amides is 1. The van der Waals surface area contributed by atoms with Gasteiger partial charge in [0.15, 0.2) is 5.16 Å². The first-order valence-electron chi connectivity index (χ1n) is 6.71. The van der Waals surface area contributed by atoms with Crippen molar-refractivity contribution in [2.75, 3.05) is 0 Å². The first-order valence-corrected chi connectivity index (χ1v) is 7.59. The lowest BCUT2D eigenvalue weighted by molar-refractivity contribution is -0.120. The average molecular weight is 289 g/mol. The summed E-state index contributed by atoms with van der Waals surface area (Å²) in [6.45, 7) is 4.51. The number of aryl methyl sites for hydroxylation is 1. The molecular formula is C15H19N3OS. The number of nitrogens with one attached hydrogen (secondary N) is 2. The minimum atomic E-state index is -0.172. The topological polar surface area (TPSA) is 57.8 Å². The molecule has 0 radical (unpaired) electrons. The van der Waals surface area contributed by atoms with Crippen molar-refractivity contribution in [3.8, 4) is 0 Å². The molecule has 1 aromatic carbocycles. The highest BCUT2D eigenvalue weighted by molar-refractivity contribution is 8.00. The summed E-state index contributed by atoms with van der Waals surface area (Å²) < 4.78 is 0. The van der Waals surface area contributed by atoms with Gasteiger partial charge in [0.2, 0.25) is 5.91 Å². The van der Waals surface area contributed by atoms with E-state index in [4.69, 9.17) is 0 Å². The molecule has 1 atom stereocenters. The first kappa shape index (κ1) is 14.7. The highest BCUT2D eigenvalue weighted by Gasteiger charge is 2.15. The van der Waals surface area contributed by atoms with Gasteiger partial charge in [-0.3, -0.25) is 4.79 Å². The lowest BCUT2D eigenvalue weighted by Gasteiger charge is -2.10. The van der Waals surface area contributed by atoms with E-state index in [9.17, 15) is 4.79 Å². The zero-order chi connectivity index (χ0) is 14.4. The summed E-state index contributed by atoms with van der Waals surface area (Å²) >= 11 is 1.44. The number of carbonyl (C=O) groups excluding carboxylic acids is 1. The lowest BCUT2D eigenvalue weighted by Crippen LogP contribution is -2.30. The summed E-state index contributed by atoms with van der Waals surface area (Å²) in [6.07, 6.45) is 2.74. The third-order valence-electron chi connectivity index (χ3n) is 2.95. The largest absolute Gasteiger partial charge is 0.351 e. The molecule has 1 aromatic heterocycles. The smallest absolute Gasteiger partial charge is 0.233 e. The van der Waals surface area contributed by atoms with Crippen LogP contribution in [0.25, 0.3) is 0 Å². The third kappa shape index (κ3) is 4.13. The van der Waals surface area contributed by atoms with Crippen LogP contribution in [0, 0.1) is 0 Å². The molecule has 1 amide bonds. The maximum atomic E-state index is 12.0. The standard InChI is InChI=1S/C15H19N3OS/c1-3-13-10-17-15(18-13)20-11(2)14(19)16-9-12-7-5-4-6-8-12/h4-8,10-11H,3,9H2,1-2H3,(H,16,19)(H,17,18)/t11-/m0/s1. The molecular weight excluding hydrogens is 270 g/mol. The summed E-state index contributed by atoms with van der Waals surface area (Å²) in [7, 11) is 0. The van der Waals surface area contributed by atoms with Crippen molar-refractivity contribution in [3.63, 3.8) is 0 Å². The number of thioether (sulfide) groups is 1. The van der Waals surface area contributed by atoms with Crippen LogP contribution in [0.15, 0.2) is 41.7 Å². The number of imidazole rings is 1. The number of H-pyrrole nitrogens is 1. The quantitative estimate of drug-likeness (QED) is 0.804. The summed E-state index contributed by atoms with van der Waals surface area (Å²) in [4.78, 5) is 19.5. The van der Waals surface area contributed by atoms with Crippen LogP contribution >= 0.6 is 11.8 Å². The maximum absolute atomic E-state index is 12.0. The molecule has 0 spiro atoms. The van der Waals surface area contributed by atoms with Crippen LogP contribution in [0.2, 0.25) is 0 Å². The van der Waals surface area contributed by atoms with E-state index in [0.29, 0.717) is 6.54 Å². The zero-order valence-corrected chi connectivity index (χ0v) is 12.5. The summed E-state index contributed by atoms with van der Waals surface area (Å²) in [5.41, 5.74) is 2.19. The van der Waals surface area contributed by atoms with Gasteiger partial charge in [-0.05, 0) is 18.9 Å². The van der Waals surface area contributed by atoms with Crippen molar-refractivity contribution in [1.29, 1.82) is 0 Å². The lowest BCUT2D eigenvalue weighted by atomic mass is 10.2. The maximum Gasteiger partial charge on any atom is 0.233 e. The molecule has 0 unspecified atom stereocenters. The van der Waals surface area contributed by atoms with Gasteiger partial charge < -0.3 is 10.3 Å². The molecule has 1 heterocycles. The molecule has 2 N–H and O–H groups in total. The molecule has 2 rings (SSSR count). The minimum absolute atomic E-state index is 0.0216. The van der Waals surface area contributed by atoms with E-state index in [2.05, 4.69) is 22.2 Å². The second-order valence-electron chi connectivity index (χ2n) is 4.53. The second-order valence-corrected chi connectivity index (χ2v) is 5.86. The zero-order valence-electron chi connectivity index (χ0n) is 11.7. The Balaban J connectivity index is 1.82. The Morgan fingerprint density at radius 3 is 2.80 bits per heavy atom. The molecule has 2 aromatic rings. The van der Waals surface area contributed by atoms with Gasteiger partial charge in [-0.25, -0.2) is 4.98 Å². The van der Waals surface area contributed by atoms with Crippen molar-refractivity contribution in [2.45, 2.75) is 37.2 Å². The Hall–Kier alpha value is -1.75. The number of rotatable bonds is 6. The molecule has 0 saturated heterocycles. The normalized spacial score (nSPS) is 12.1. The molecule has 0 aliphatic carbocycles. The number of carbonyl (C=O) groups is 1. The van der Waals surface area contributed by atoms with Gasteiger partial charge in [0, 0.05) is 18.4 Å². The highest BCUT2D eigenvalue weighted by Crippen LogP contribution is 2.20. The van der Waals surface area contributed by atoms with E-state index in [1.54, 1.807) is 0 Å². The Kier molecular flexibility index (Phi) is 5.24. The molecule has 4 nitrogen and oxygen atoms in total. The Labute approximate surface area is 123 Å². The van der Waals surface area contributed by atoms with Crippen LogP contribution in [-0.2, 0) is 17.8 Å². The molecule has 0 aliphatic rings. The summed E-state index contributed by atoms with van der Waals surface area (Å²) in [5.74, 6) is 0.0216. The van der Waals surface area contributed by atoms with Gasteiger partial charge in [-0.2, -0.15) is 0 Å². The minimum Gasteiger partial charge on any atom is -0.351 e. The number of aromatic nitrogens is 2. The van der Waals surface area contributed by atoms with E-state index in [-0.39, 0.29) is 11.2 Å². The molecule has 106 valence electrons. The van der Waals surface area contributed by atoms with Crippen LogP contribution < -0.4 is 5.32 Å². The van der Waals surface area contributed by atoms with E-state index in [1.807, 2.05) is 43.5 Å². The molecule has 0 aliphatic heterocycles. The SMILES string of the molecule is CCc1cnc(S[C@@H](C)C(=O)NCc2ccccc2)[nH]1. The van der Waals surface area contributed by atoms with E-state index in [0.717, 1.165) is 22.8 Å². The number of hydrogen-bond donors (Lipinski definition) is 2. The van der Waals surface area contributed by atoms with Gasteiger partial charge in [-0.1, -0.05) is 49.0 Å². The third-order valence-corrected chi connectivity index (χ3v) is 3.95. The van der Waals surface area contributed by atoms with Crippen LogP contribution in [0.1, 0.15) is 25.1 Å². The molecule has 5 heteroatoms. The fourth-order valence-corrected chi connectivity index (χ4v) is 2.56. The van der Waals surface area contributed by atoms with Crippen molar-refractivity contribution in [3.05, 3.63) is 47.8 Å². The molecule has 0 bridgehead atoms. The first-order chi connectivity index (χ1) is 9.69. The summed E-state index contributed by atoms with van der Waals surface area (Å²) in [5, 5.41) is 3.56. The van der Waals surface area contributed by atoms with E-state index >= 15 is 0 Å². The second kappa shape index (κ2) is 7.14. The van der Waals surface area contributed by atoms with E-state index in [1.165, 1.54) is 11.8 Å². The predicted octanol–water partition coefficient (Wildman–Crippen LogP) is 2.77. The molecule has 0 fully saturated rings. The van der Waals surface area contributed by atoms with Gasteiger partial charge in [0.1, 0.15) is 0 Å². The van der Waals surface area contributed by atoms with Crippen LogP contribution in [0.5, 0.6) is 0 Å². The number of benzene rings is 1. The van der Waals surface area contributed by atoms with Crippen molar-refractivity contribution < 1.29 is 4.79 Å². The highest BCUT2D eigenvalue weighted by atomic mass is 32.2. The Bertz CT molecular complexity index is 553. The number of nitrogens with zero attached hydrogens (tertiary/aromatic N) is 1. The van der Waals surface area contributed by atoms with Gasteiger partial charge in [-0.15, -0.1) is 0 Å². The monoisotopic (exact) mass is 289 g/mol. The number of aromatic amines is 1. The van der Waals surface area contributed by atoms with E-state index < -0.39 is 0 Å².